The summed E-state index contributed by atoms with van der Waals surface area (Å²) in [5.74, 6) is 0.347. The molecule has 0 aliphatic rings. The molecule has 0 saturated carbocycles. The van der Waals surface area contributed by atoms with Gasteiger partial charge in [0, 0.05) is 20.5 Å². The Morgan fingerprint density at radius 3 is 2.05 bits per heavy atom. The first-order valence-electron chi connectivity index (χ1n) is 5.50. The van der Waals surface area contributed by atoms with Gasteiger partial charge >= 0.3 is 0 Å². The molecule has 0 bridgehead atoms. The second-order valence-electron chi connectivity index (χ2n) is 3.84. The van der Waals surface area contributed by atoms with Crippen LogP contribution in [0.3, 0.4) is 0 Å². The van der Waals surface area contributed by atoms with Crippen LogP contribution in [0.15, 0.2) is 42.8 Å². The van der Waals surface area contributed by atoms with Crippen LogP contribution in [-0.2, 0) is 10.0 Å². The number of nitrogens with zero attached hydrogens (tertiary/aromatic N) is 2. The van der Waals surface area contributed by atoms with E-state index in [-0.39, 0.29) is 4.90 Å². The standard InChI is InChI=1S/C11H9Br3N4O2S/c1-15-11-16-4-7(5-17-11)21(19,20)18-10-8(13)2-6(12)3-9(10)14/h2-5,18H,1H3,(H,15,16,17). The van der Waals surface area contributed by atoms with Crippen LogP contribution in [0.4, 0.5) is 11.6 Å². The van der Waals surface area contributed by atoms with Gasteiger partial charge in [-0.25, -0.2) is 18.4 Å². The minimum Gasteiger partial charge on any atom is -0.357 e. The summed E-state index contributed by atoms with van der Waals surface area (Å²) in [4.78, 5) is 7.76. The van der Waals surface area contributed by atoms with Crippen LogP contribution in [0, 0.1) is 0 Å². The van der Waals surface area contributed by atoms with Crippen LogP contribution in [0.25, 0.3) is 0 Å². The van der Waals surface area contributed by atoms with E-state index in [4.69, 9.17) is 0 Å². The SMILES string of the molecule is CNc1ncc(S(=O)(=O)Nc2c(Br)cc(Br)cc2Br)cn1. The molecule has 1 aromatic heterocycles. The van der Waals surface area contributed by atoms with Gasteiger partial charge in [-0.3, -0.25) is 4.72 Å². The van der Waals surface area contributed by atoms with E-state index in [9.17, 15) is 8.42 Å². The molecule has 1 aromatic carbocycles. The lowest BCUT2D eigenvalue weighted by Crippen LogP contribution is -2.14. The van der Waals surface area contributed by atoms with E-state index in [2.05, 4.69) is 67.8 Å². The molecule has 0 amide bonds. The summed E-state index contributed by atoms with van der Waals surface area (Å²) in [7, 11) is -2.12. The van der Waals surface area contributed by atoms with Gasteiger partial charge in [0.15, 0.2) is 0 Å². The normalized spacial score (nSPS) is 11.2. The van der Waals surface area contributed by atoms with Crippen LogP contribution < -0.4 is 10.0 Å². The van der Waals surface area contributed by atoms with Gasteiger partial charge in [0.05, 0.1) is 18.1 Å². The van der Waals surface area contributed by atoms with Gasteiger partial charge in [-0.15, -0.1) is 0 Å². The average molecular weight is 501 g/mol. The molecule has 21 heavy (non-hydrogen) atoms. The first-order chi connectivity index (χ1) is 9.83. The predicted octanol–water partition coefficient (Wildman–Crippen LogP) is 3.61. The lowest BCUT2D eigenvalue weighted by Gasteiger charge is -2.12. The molecular formula is C11H9Br3N4O2S. The van der Waals surface area contributed by atoms with Crippen LogP contribution in [-0.4, -0.2) is 25.4 Å². The van der Waals surface area contributed by atoms with E-state index >= 15 is 0 Å². The highest BCUT2D eigenvalue weighted by Gasteiger charge is 2.19. The molecule has 0 aliphatic heterocycles. The molecule has 2 N–H and O–H groups in total. The fraction of sp³-hybridized carbons (Fsp3) is 0.0909. The molecule has 0 fully saturated rings. The monoisotopic (exact) mass is 498 g/mol. The minimum absolute atomic E-state index is 0.0248. The Balaban J connectivity index is 2.37. The Morgan fingerprint density at radius 1 is 1.05 bits per heavy atom. The third-order valence-corrected chi connectivity index (χ3v) is 5.42. The van der Waals surface area contributed by atoms with Crippen molar-refractivity contribution in [2.75, 3.05) is 17.1 Å². The Hall–Kier alpha value is -0.710. The van der Waals surface area contributed by atoms with Gasteiger partial charge in [-0.1, -0.05) is 15.9 Å². The number of sulfonamides is 1. The van der Waals surface area contributed by atoms with Crippen molar-refractivity contribution in [1.29, 1.82) is 0 Å². The van der Waals surface area contributed by atoms with Gasteiger partial charge in [0.2, 0.25) is 5.95 Å². The van der Waals surface area contributed by atoms with Crippen molar-refractivity contribution >= 4 is 69.4 Å². The summed E-state index contributed by atoms with van der Waals surface area (Å²) in [5.41, 5.74) is 0.399. The van der Waals surface area contributed by atoms with Gasteiger partial charge in [-0.2, -0.15) is 0 Å². The highest BCUT2D eigenvalue weighted by molar-refractivity contribution is 9.11. The second-order valence-corrected chi connectivity index (χ2v) is 8.15. The van der Waals surface area contributed by atoms with Crippen molar-refractivity contribution in [3.05, 3.63) is 37.9 Å². The molecule has 0 unspecified atom stereocenters. The molecule has 0 atom stereocenters. The lowest BCUT2D eigenvalue weighted by atomic mass is 10.3. The zero-order chi connectivity index (χ0) is 15.6. The molecule has 112 valence electrons. The Labute approximate surface area is 147 Å². The number of aromatic nitrogens is 2. The van der Waals surface area contributed by atoms with Crippen molar-refractivity contribution in [2.24, 2.45) is 0 Å². The van der Waals surface area contributed by atoms with E-state index in [0.29, 0.717) is 20.6 Å². The number of anilines is 2. The summed E-state index contributed by atoms with van der Waals surface area (Å²) in [6, 6.07) is 3.48. The third kappa shape index (κ3) is 3.93. The fourth-order valence-corrected chi connectivity index (χ4v) is 5.13. The summed E-state index contributed by atoms with van der Waals surface area (Å²) in [5, 5.41) is 2.72. The number of hydrogen-bond acceptors (Lipinski definition) is 5. The Kier molecular flexibility index (Phi) is 5.23. The number of benzene rings is 1. The largest absolute Gasteiger partial charge is 0.357 e. The zero-order valence-electron chi connectivity index (χ0n) is 10.6. The molecule has 6 nitrogen and oxygen atoms in total. The van der Waals surface area contributed by atoms with Crippen LogP contribution in [0.5, 0.6) is 0 Å². The quantitative estimate of drug-likeness (QED) is 0.670. The first kappa shape index (κ1) is 16.7. The zero-order valence-corrected chi connectivity index (χ0v) is 16.1. The summed E-state index contributed by atoms with van der Waals surface area (Å²) < 4.78 is 29.2. The Morgan fingerprint density at radius 2 is 1.57 bits per heavy atom. The number of nitrogens with one attached hydrogen (secondary N) is 2. The average Bonchev–Trinajstić information content (AvgIpc) is 2.43. The molecule has 0 aliphatic carbocycles. The van der Waals surface area contributed by atoms with Crippen molar-refractivity contribution < 1.29 is 8.42 Å². The van der Waals surface area contributed by atoms with E-state index in [1.807, 2.05) is 0 Å². The molecule has 1 heterocycles. The van der Waals surface area contributed by atoms with Crippen LogP contribution >= 0.6 is 47.8 Å². The topological polar surface area (TPSA) is 84.0 Å². The van der Waals surface area contributed by atoms with E-state index in [1.54, 1.807) is 19.2 Å². The fourth-order valence-electron chi connectivity index (χ4n) is 1.42. The predicted molar refractivity (Wildman–Crippen MR) is 91.9 cm³/mol. The van der Waals surface area contributed by atoms with Gasteiger partial charge < -0.3 is 5.32 Å². The van der Waals surface area contributed by atoms with Crippen LogP contribution in [0.1, 0.15) is 0 Å². The molecule has 2 aromatic rings. The highest BCUT2D eigenvalue weighted by Crippen LogP contribution is 2.35. The maximum absolute atomic E-state index is 12.3. The summed E-state index contributed by atoms with van der Waals surface area (Å²) in [6.07, 6.45) is 2.48. The Bertz CT molecular complexity index is 743. The van der Waals surface area contributed by atoms with Crippen LogP contribution in [0.2, 0.25) is 0 Å². The number of hydrogen-bond donors (Lipinski definition) is 2. The maximum atomic E-state index is 12.3. The summed E-state index contributed by atoms with van der Waals surface area (Å²) >= 11 is 9.96. The molecule has 10 heteroatoms. The maximum Gasteiger partial charge on any atom is 0.265 e. The highest BCUT2D eigenvalue weighted by atomic mass is 79.9. The van der Waals surface area contributed by atoms with E-state index in [1.165, 1.54) is 12.4 Å². The molecular weight excluding hydrogens is 492 g/mol. The van der Waals surface area contributed by atoms with Crippen molar-refractivity contribution in [1.82, 2.24) is 9.97 Å². The van der Waals surface area contributed by atoms with E-state index in [0.717, 1.165) is 4.47 Å². The lowest BCUT2D eigenvalue weighted by molar-refractivity contribution is 0.600. The van der Waals surface area contributed by atoms with Crippen molar-refractivity contribution in [2.45, 2.75) is 4.90 Å². The number of halogens is 3. The van der Waals surface area contributed by atoms with Crippen molar-refractivity contribution in [3.8, 4) is 0 Å². The third-order valence-electron chi connectivity index (χ3n) is 2.41. The minimum atomic E-state index is -3.77. The second kappa shape index (κ2) is 6.59. The molecule has 0 spiro atoms. The van der Waals surface area contributed by atoms with E-state index < -0.39 is 10.0 Å². The molecule has 0 radical (unpaired) electrons. The van der Waals surface area contributed by atoms with Gasteiger partial charge in [-0.05, 0) is 44.0 Å². The summed E-state index contributed by atoms with van der Waals surface area (Å²) in [6.45, 7) is 0. The molecule has 0 saturated heterocycles. The van der Waals surface area contributed by atoms with Crippen molar-refractivity contribution in [3.63, 3.8) is 0 Å². The number of rotatable bonds is 4. The van der Waals surface area contributed by atoms with Gasteiger partial charge in [0.25, 0.3) is 10.0 Å². The molecule has 2 rings (SSSR count). The smallest absolute Gasteiger partial charge is 0.265 e. The first-order valence-corrected chi connectivity index (χ1v) is 9.37. The van der Waals surface area contributed by atoms with Gasteiger partial charge in [0.1, 0.15) is 4.90 Å².